The molecular weight excluding hydrogens is 265 g/mol. The zero-order chi connectivity index (χ0) is 15.5. The summed E-state index contributed by atoms with van der Waals surface area (Å²) in [7, 11) is 0. The summed E-state index contributed by atoms with van der Waals surface area (Å²) >= 11 is 0. The smallest absolute Gasteiger partial charge is 0.186 e. The Kier molecular flexibility index (Phi) is 4.56. The van der Waals surface area contributed by atoms with E-state index in [-0.39, 0.29) is 11.2 Å². The number of rotatable bonds is 5. The maximum absolute atomic E-state index is 14.1. The Hall–Kier alpha value is -1.97. The maximum atomic E-state index is 14.1. The summed E-state index contributed by atoms with van der Waals surface area (Å²) in [6, 6.07) is 10.0. The molecule has 112 valence electrons. The second-order valence-corrected chi connectivity index (χ2v) is 5.71. The molecule has 0 saturated carbocycles. The van der Waals surface area contributed by atoms with Crippen LogP contribution in [-0.2, 0) is 5.41 Å². The van der Waals surface area contributed by atoms with E-state index in [1.165, 1.54) is 0 Å². The second-order valence-electron chi connectivity index (χ2n) is 5.71. The molecule has 1 N–H and O–H groups in total. The van der Waals surface area contributed by atoms with Gasteiger partial charge < -0.3 is 5.32 Å². The van der Waals surface area contributed by atoms with Gasteiger partial charge in [-0.05, 0) is 32.8 Å². The van der Waals surface area contributed by atoms with Crippen molar-refractivity contribution in [1.29, 1.82) is 0 Å². The molecule has 1 aromatic carbocycles. The van der Waals surface area contributed by atoms with Gasteiger partial charge in [-0.3, -0.25) is 0 Å². The standard InChI is InChI=1S/C17H22FN3/c1-5-11-19-15-14(18)12(2)20-16(21-15)17(3,4)13-9-7-6-8-10-13/h6-10H,5,11H2,1-4H3,(H,19,20,21). The number of nitrogens with one attached hydrogen (secondary N) is 1. The number of anilines is 1. The van der Waals surface area contributed by atoms with Gasteiger partial charge in [-0.15, -0.1) is 0 Å². The average Bonchev–Trinajstić information content (AvgIpc) is 2.49. The Bertz CT molecular complexity index is 609. The topological polar surface area (TPSA) is 37.8 Å². The van der Waals surface area contributed by atoms with Gasteiger partial charge in [0.25, 0.3) is 0 Å². The van der Waals surface area contributed by atoms with E-state index < -0.39 is 0 Å². The molecule has 0 aliphatic rings. The minimum Gasteiger partial charge on any atom is -0.368 e. The first-order chi connectivity index (χ1) is 9.96. The molecule has 0 bridgehead atoms. The Morgan fingerprint density at radius 1 is 1.14 bits per heavy atom. The van der Waals surface area contributed by atoms with Gasteiger partial charge in [0.15, 0.2) is 11.6 Å². The normalized spacial score (nSPS) is 11.5. The highest BCUT2D eigenvalue weighted by Crippen LogP contribution is 2.30. The Morgan fingerprint density at radius 3 is 2.43 bits per heavy atom. The van der Waals surface area contributed by atoms with Crippen molar-refractivity contribution >= 4 is 5.82 Å². The summed E-state index contributed by atoms with van der Waals surface area (Å²) in [6.45, 7) is 8.52. The third-order valence-electron chi connectivity index (χ3n) is 3.61. The summed E-state index contributed by atoms with van der Waals surface area (Å²) in [4.78, 5) is 8.78. The van der Waals surface area contributed by atoms with E-state index in [1.54, 1.807) is 6.92 Å². The minimum atomic E-state index is -0.373. The number of nitrogens with zero attached hydrogens (tertiary/aromatic N) is 2. The highest BCUT2D eigenvalue weighted by Gasteiger charge is 2.28. The van der Waals surface area contributed by atoms with Gasteiger partial charge in [0.2, 0.25) is 0 Å². The third-order valence-corrected chi connectivity index (χ3v) is 3.61. The molecule has 0 aliphatic heterocycles. The Labute approximate surface area is 125 Å². The number of hydrogen-bond acceptors (Lipinski definition) is 3. The first-order valence-electron chi connectivity index (χ1n) is 7.30. The van der Waals surface area contributed by atoms with Crippen LogP contribution in [0.4, 0.5) is 10.2 Å². The SMILES string of the molecule is CCCNc1nc(C(C)(C)c2ccccc2)nc(C)c1F. The molecule has 0 radical (unpaired) electrons. The number of halogens is 1. The predicted molar refractivity (Wildman–Crippen MR) is 84.1 cm³/mol. The highest BCUT2D eigenvalue weighted by molar-refractivity contribution is 5.41. The van der Waals surface area contributed by atoms with Crippen LogP contribution in [0.2, 0.25) is 0 Å². The number of hydrogen-bond donors (Lipinski definition) is 1. The van der Waals surface area contributed by atoms with Crippen molar-refractivity contribution in [3.63, 3.8) is 0 Å². The fourth-order valence-electron chi connectivity index (χ4n) is 2.18. The minimum absolute atomic E-state index is 0.295. The van der Waals surface area contributed by atoms with Crippen LogP contribution in [0.3, 0.4) is 0 Å². The molecule has 0 aliphatic carbocycles. The van der Waals surface area contributed by atoms with E-state index in [0.717, 1.165) is 12.0 Å². The van der Waals surface area contributed by atoms with Gasteiger partial charge in [-0.1, -0.05) is 37.3 Å². The molecule has 0 atom stereocenters. The lowest BCUT2D eigenvalue weighted by molar-refractivity contribution is 0.556. The fraction of sp³-hybridized carbons (Fsp3) is 0.412. The van der Waals surface area contributed by atoms with Crippen LogP contribution in [0.5, 0.6) is 0 Å². The number of benzene rings is 1. The molecule has 1 heterocycles. The molecular formula is C17H22FN3. The van der Waals surface area contributed by atoms with Crippen molar-refractivity contribution in [3.8, 4) is 0 Å². The van der Waals surface area contributed by atoms with E-state index in [9.17, 15) is 4.39 Å². The Balaban J connectivity index is 2.46. The van der Waals surface area contributed by atoms with E-state index in [2.05, 4.69) is 29.1 Å². The average molecular weight is 287 g/mol. The fourth-order valence-corrected chi connectivity index (χ4v) is 2.18. The predicted octanol–water partition coefficient (Wildman–Crippen LogP) is 4.07. The van der Waals surface area contributed by atoms with Crippen molar-refractivity contribution in [2.75, 3.05) is 11.9 Å². The molecule has 0 amide bonds. The number of aryl methyl sites for hydroxylation is 1. The zero-order valence-corrected chi connectivity index (χ0v) is 13.1. The largest absolute Gasteiger partial charge is 0.368 e. The van der Waals surface area contributed by atoms with Crippen molar-refractivity contribution in [2.45, 2.75) is 39.5 Å². The molecule has 4 heteroatoms. The lowest BCUT2D eigenvalue weighted by Crippen LogP contribution is -2.24. The van der Waals surface area contributed by atoms with E-state index >= 15 is 0 Å². The summed E-state index contributed by atoms with van der Waals surface area (Å²) in [5.41, 5.74) is 1.11. The van der Waals surface area contributed by atoms with Gasteiger partial charge in [0, 0.05) is 12.0 Å². The van der Waals surface area contributed by atoms with E-state index in [0.29, 0.717) is 23.9 Å². The van der Waals surface area contributed by atoms with Gasteiger partial charge in [-0.25, -0.2) is 14.4 Å². The van der Waals surface area contributed by atoms with Crippen molar-refractivity contribution < 1.29 is 4.39 Å². The van der Waals surface area contributed by atoms with Crippen molar-refractivity contribution in [3.05, 3.63) is 53.2 Å². The van der Waals surface area contributed by atoms with Crippen LogP contribution >= 0.6 is 0 Å². The highest BCUT2D eigenvalue weighted by atomic mass is 19.1. The quantitative estimate of drug-likeness (QED) is 0.900. The molecule has 0 unspecified atom stereocenters. The van der Waals surface area contributed by atoms with Gasteiger partial charge in [-0.2, -0.15) is 0 Å². The molecule has 0 fully saturated rings. The molecule has 0 saturated heterocycles. The first-order valence-corrected chi connectivity index (χ1v) is 7.30. The molecule has 3 nitrogen and oxygen atoms in total. The van der Waals surface area contributed by atoms with Crippen LogP contribution < -0.4 is 5.32 Å². The van der Waals surface area contributed by atoms with Crippen LogP contribution in [0.1, 0.15) is 44.3 Å². The van der Waals surface area contributed by atoms with Crippen LogP contribution in [-0.4, -0.2) is 16.5 Å². The monoisotopic (exact) mass is 287 g/mol. The van der Waals surface area contributed by atoms with Gasteiger partial charge in [0.1, 0.15) is 5.82 Å². The molecule has 0 spiro atoms. The third kappa shape index (κ3) is 3.20. The second kappa shape index (κ2) is 6.20. The first kappa shape index (κ1) is 15.4. The zero-order valence-electron chi connectivity index (χ0n) is 13.1. The molecule has 1 aromatic heterocycles. The van der Waals surface area contributed by atoms with Crippen molar-refractivity contribution in [1.82, 2.24) is 9.97 Å². The summed E-state index contributed by atoms with van der Waals surface area (Å²) in [6.07, 6.45) is 0.917. The Morgan fingerprint density at radius 2 is 1.81 bits per heavy atom. The summed E-state index contributed by atoms with van der Waals surface area (Å²) in [5, 5.41) is 3.04. The summed E-state index contributed by atoms with van der Waals surface area (Å²) < 4.78 is 14.1. The lowest BCUT2D eigenvalue weighted by Gasteiger charge is -2.24. The lowest BCUT2D eigenvalue weighted by atomic mass is 9.83. The van der Waals surface area contributed by atoms with Gasteiger partial charge in [0.05, 0.1) is 5.69 Å². The maximum Gasteiger partial charge on any atom is 0.186 e. The molecule has 2 rings (SSSR count). The van der Waals surface area contributed by atoms with Gasteiger partial charge >= 0.3 is 0 Å². The summed E-state index contributed by atoms with van der Waals surface area (Å²) in [5.74, 6) is 0.561. The van der Waals surface area contributed by atoms with Crippen LogP contribution in [0.25, 0.3) is 0 Å². The van der Waals surface area contributed by atoms with E-state index in [4.69, 9.17) is 0 Å². The van der Waals surface area contributed by atoms with Crippen LogP contribution in [0.15, 0.2) is 30.3 Å². The van der Waals surface area contributed by atoms with Crippen LogP contribution in [0, 0.1) is 12.7 Å². The number of aromatic nitrogens is 2. The molecule has 2 aromatic rings. The van der Waals surface area contributed by atoms with E-state index in [1.807, 2.05) is 37.3 Å². The van der Waals surface area contributed by atoms with Crippen molar-refractivity contribution in [2.24, 2.45) is 0 Å². The molecule has 21 heavy (non-hydrogen) atoms.